The number of furan rings is 1. The Morgan fingerprint density at radius 3 is 1.97 bits per heavy atom. The Morgan fingerprint density at radius 1 is 0.590 bits per heavy atom. The zero-order chi connectivity index (χ0) is 42.9. The number of hydrogen-bond acceptors (Lipinski definition) is 3. The van der Waals surface area contributed by atoms with Crippen LogP contribution in [0.5, 0.6) is 0 Å². The average molecular weight is 965 g/mol. The molecule has 5 heteroatoms. The van der Waals surface area contributed by atoms with E-state index < -0.39 is 6.85 Å². The molecular weight excluding hydrogens is 923 g/mol. The summed E-state index contributed by atoms with van der Waals surface area (Å²) in [6, 6.07) is 69.4. The summed E-state index contributed by atoms with van der Waals surface area (Å²) in [5.74, 6) is 0.791. The number of fused-ring (bicyclic) bond motifs is 3. The van der Waals surface area contributed by atoms with Crippen molar-refractivity contribution in [1.82, 2.24) is 14.5 Å². The fourth-order valence-corrected chi connectivity index (χ4v) is 7.91. The van der Waals surface area contributed by atoms with Gasteiger partial charge in [-0.3, -0.25) is 4.98 Å². The monoisotopic (exact) mass is 965 g/mol. The van der Waals surface area contributed by atoms with E-state index in [0.29, 0.717) is 0 Å². The zero-order valence-corrected chi connectivity index (χ0v) is 35.5. The van der Waals surface area contributed by atoms with Crippen LogP contribution in [0.1, 0.15) is 15.2 Å². The van der Waals surface area contributed by atoms with Gasteiger partial charge in [0.2, 0.25) is 0 Å². The molecule has 0 fully saturated rings. The summed E-state index contributed by atoms with van der Waals surface area (Å²) < 4.78 is 30.1. The van der Waals surface area contributed by atoms with Crippen LogP contribution < -0.4 is 0 Å². The molecule has 0 bridgehead atoms. The van der Waals surface area contributed by atoms with Gasteiger partial charge in [-0.15, -0.1) is 35.9 Å². The molecule has 0 aliphatic rings. The van der Waals surface area contributed by atoms with Crippen LogP contribution in [-0.2, 0) is 20.1 Å². The van der Waals surface area contributed by atoms with E-state index in [1.165, 1.54) is 22.5 Å². The van der Waals surface area contributed by atoms with Gasteiger partial charge in [0.1, 0.15) is 0 Å². The van der Waals surface area contributed by atoms with Crippen LogP contribution in [0.2, 0.25) is 0 Å². The third-order valence-corrected chi connectivity index (χ3v) is 10.8. The number of nitrogens with zero attached hydrogens (tertiary/aromatic N) is 3. The molecule has 3 aromatic heterocycles. The van der Waals surface area contributed by atoms with E-state index in [0.717, 1.165) is 83.7 Å². The van der Waals surface area contributed by atoms with Crippen molar-refractivity contribution in [1.29, 1.82) is 0 Å². The van der Waals surface area contributed by atoms with Gasteiger partial charge in [0.15, 0.2) is 0 Å². The maximum absolute atomic E-state index is 7.23. The van der Waals surface area contributed by atoms with Crippen LogP contribution in [0, 0.1) is 26.1 Å². The summed E-state index contributed by atoms with van der Waals surface area (Å²) in [5, 5.41) is 3.42. The van der Waals surface area contributed by atoms with Gasteiger partial charge in [-0.1, -0.05) is 150 Å². The minimum atomic E-state index is -2.09. The van der Waals surface area contributed by atoms with Crippen molar-refractivity contribution in [3.05, 3.63) is 224 Å². The van der Waals surface area contributed by atoms with Crippen molar-refractivity contribution < 1.29 is 28.6 Å². The van der Waals surface area contributed by atoms with E-state index in [1.54, 1.807) is 18.2 Å². The molecule has 11 rings (SSSR count). The fourth-order valence-electron chi connectivity index (χ4n) is 7.91. The molecule has 0 aliphatic heterocycles. The second kappa shape index (κ2) is 17.2. The number of aromatic nitrogens is 3. The number of aryl methyl sites for hydroxylation is 2. The molecule has 0 unspecified atom stereocenters. The van der Waals surface area contributed by atoms with Gasteiger partial charge < -0.3 is 14.0 Å². The Hall–Kier alpha value is -7.17. The summed E-state index contributed by atoms with van der Waals surface area (Å²) in [6.07, 6.45) is 4.67. The molecule has 4 nitrogen and oxygen atoms in total. The summed E-state index contributed by atoms with van der Waals surface area (Å²) in [4.78, 5) is 9.41. The van der Waals surface area contributed by atoms with Gasteiger partial charge in [-0.05, 0) is 94.0 Å². The Bertz CT molecular complexity index is 3320. The molecule has 0 aliphatic carbocycles. The van der Waals surface area contributed by atoms with Crippen molar-refractivity contribution in [2.45, 2.75) is 13.8 Å². The minimum Gasteiger partial charge on any atom is -0.557 e. The molecule has 8 aromatic carbocycles. The Morgan fingerprint density at radius 2 is 1.26 bits per heavy atom. The molecule has 0 N–H and O–H groups in total. The van der Waals surface area contributed by atoms with Crippen LogP contribution in [0.25, 0.3) is 94.5 Å². The van der Waals surface area contributed by atoms with E-state index in [4.69, 9.17) is 13.5 Å². The number of para-hydroxylation sites is 2. The number of imidazole rings is 1. The molecule has 3 heterocycles. The molecule has 0 saturated heterocycles. The summed E-state index contributed by atoms with van der Waals surface area (Å²) in [5.41, 5.74) is 14.5. The fraction of sp³-hybridized carbons (Fsp3) is 0.0357. The smallest absolute Gasteiger partial charge is 0.0774 e. The molecule has 0 saturated carbocycles. The first-order chi connectivity index (χ1) is 30.8. The van der Waals surface area contributed by atoms with E-state index >= 15 is 0 Å². The average Bonchev–Trinajstić information content (AvgIpc) is 3.93. The van der Waals surface area contributed by atoms with E-state index in [1.807, 2.05) is 30.3 Å². The second-order valence-electron chi connectivity index (χ2n) is 14.8. The second-order valence-corrected chi connectivity index (χ2v) is 14.8. The normalized spacial score (nSPS) is 11.9. The Balaban J connectivity index is 0.000000258. The van der Waals surface area contributed by atoms with Gasteiger partial charge in [0.05, 0.1) is 22.5 Å². The van der Waals surface area contributed by atoms with Crippen molar-refractivity contribution in [2.24, 2.45) is 0 Å². The first-order valence-electron chi connectivity index (χ1n) is 21.4. The van der Waals surface area contributed by atoms with Crippen molar-refractivity contribution in [2.75, 3.05) is 0 Å². The third kappa shape index (κ3) is 7.85. The summed E-state index contributed by atoms with van der Waals surface area (Å²) in [6.45, 7) is 0.0766. The molecule has 61 heavy (non-hydrogen) atoms. The van der Waals surface area contributed by atoms with Crippen LogP contribution in [-0.4, -0.2) is 14.5 Å². The predicted molar refractivity (Wildman–Crippen MR) is 247 cm³/mol. The molecule has 0 spiro atoms. The van der Waals surface area contributed by atoms with Crippen molar-refractivity contribution in [3.8, 4) is 61.7 Å². The van der Waals surface area contributed by atoms with Gasteiger partial charge in [-0.2, -0.15) is 0 Å². The Kier molecular flexibility index (Phi) is 10.1. The van der Waals surface area contributed by atoms with Crippen LogP contribution in [0.4, 0.5) is 0 Å². The number of pyridine rings is 1. The topological polar surface area (TPSA) is 43.9 Å². The molecule has 295 valence electrons. The van der Waals surface area contributed by atoms with E-state index in [9.17, 15) is 0 Å². The van der Waals surface area contributed by atoms with Crippen LogP contribution in [0.15, 0.2) is 205 Å². The van der Waals surface area contributed by atoms with Gasteiger partial charge in [-0.25, -0.2) is 0 Å². The standard InChI is InChI=1S/C44H29N2O.C12H10N.Ir/c1-29-24-36(31-13-4-2-5-14-31)43(37(25-29)32-15-6-3-7-16-32)46-41-19-11-10-18-40(41)45-44(46)39-28-47-42-23-22-35(27-38(39)42)34-21-20-30-12-8-9-17-33(30)26-34;1-10-7-8-12(13-9-10)11-5-3-2-4-6-11;/h2-27H,1H3;2-5,7-9H,1H3;/q2*-1;/i;1D3;. The predicted octanol–water partition coefficient (Wildman–Crippen LogP) is 14.6. The maximum atomic E-state index is 7.23. The van der Waals surface area contributed by atoms with Crippen LogP contribution in [0.3, 0.4) is 0 Å². The third-order valence-electron chi connectivity index (χ3n) is 10.8. The van der Waals surface area contributed by atoms with Crippen molar-refractivity contribution >= 4 is 32.8 Å². The first-order valence-corrected chi connectivity index (χ1v) is 19.9. The zero-order valence-electron chi connectivity index (χ0n) is 36.1. The molecule has 11 aromatic rings. The Labute approximate surface area is 373 Å². The first kappa shape index (κ1) is 35.7. The quantitative estimate of drug-likeness (QED) is 0.156. The molecule has 1 radical (unpaired) electrons. The van der Waals surface area contributed by atoms with Crippen molar-refractivity contribution in [3.63, 3.8) is 0 Å². The molecule has 0 atom stereocenters. The SMILES string of the molecule is Cc1cc(-c2ccccc2)c(-n2c(-c3[c-]oc4ccc(-c5ccc6ccccc6c5)cc34)nc3ccccc32)c(-c2ccccc2)c1.[2H]C([2H])([2H])c1ccc(-c2[c-]cccc2)nc1.[Ir]. The summed E-state index contributed by atoms with van der Waals surface area (Å²) in [7, 11) is 0. The number of rotatable bonds is 6. The van der Waals surface area contributed by atoms with Gasteiger partial charge in [0, 0.05) is 53.4 Å². The van der Waals surface area contributed by atoms with E-state index in [-0.39, 0.29) is 25.7 Å². The molecule has 0 amide bonds. The number of benzene rings is 8. The largest absolute Gasteiger partial charge is 0.557 e. The minimum absolute atomic E-state index is 0. The number of hydrogen-bond donors (Lipinski definition) is 0. The van der Waals surface area contributed by atoms with Gasteiger partial charge in [0.25, 0.3) is 0 Å². The summed E-state index contributed by atoms with van der Waals surface area (Å²) >= 11 is 0. The maximum Gasteiger partial charge on any atom is 0.0774 e. The molecular formula is C56H39IrN3O-2. The van der Waals surface area contributed by atoms with E-state index in [2.05, 4.69) is 174 Å². The van der Waals surface area contributed by atoms with Gasteiger partial charge >= 0.3 is 0 Å². The van der Waals surface area contributed by atoms with Crippen LogP contribution >= 0.6 is 0 Å².